The molecule has 0 radical (unpaired) electrons. The van der Waals surface area contributed by atoms with E-state index in [4.69, 9.17) is 17.3 Å². The zero-order valence-electron chi connectivity index (χ0n) is 10.3. The first-order valence-electron chi connectivity index (χ1n) is 5.29. The third-order valence-electron chi connectivity index (χ3n) is 2.94. The Morgan fingerprint density at radius 1 is 1.38 bits per heavy atom. The molecule has 3 N–H and O–H groups in total. The first-order chi connectivity index (χ1) is 7.33. The van der Waals surface area contributed by atoms with E-state index < -0.39 is 0 Å². The summed E-state index contributed by atoms with van der Waals surface area (Å²) in [6.45, 7) is 5.14. The Kier molecular flexibility index (Phi) is 4.05. The summed E-state index contributed by atoms with van der Waals surface area (Å²) in [5.74, 6) is 0. The van der Waals surface area contributed by atoms with Gasteiger partial charge in [0.25, 0.3) is 0 Å². The minimum absolute atomic E-state index is 0.0642. The zero-order chi connectivity index (χ0) is 12.3. The predicted molar refractivity (Wildman–Crippen MR) is 72.1 cm³/mol. The van der Waals surface area contributed by atoms with Crippen LogP contribution in [0.15, 0.2) is 18.2 Å². The van der Waals surface area contributed by atoms with Crippen LogP contribution >= 0.6 is 11.6 Å². The normalized spacial score (nSPS) is 11.9. The summed E-state index contributed by atoms with van der Waals surface area (Å²) < 4.78 is 0. The van der Waals surface area contributed by atoms with E-state index in [2.05, 4.69) is 38.2 Å². The second-order valence-corrected chi connectivity index (χ2v) is 5.23. The molecule has 90 valence electrons. The molecule has 0 aliphatic carbocycles. The number of benzene rings is 1. The molecule has 0 bridgehead atoms. The highest BCUT2D eigenvalue weighted by Crippen LogP contribution is 2.23. The van der Waals surface area contributed by atoms with Crippen LogP contribution in [-0.2, 0) is 0 Å². The summed E-state index contributed by atoms with van der Waals surface area (Å²) >= 11 is 5.92. The number of rotatable bonds is 4. The minimum atomic E-state index is 0.0642. The van der Waals surface area contributed by atoms with Gasteiger partial charge >= 0.3 is 0 Å². The van der Waals surface area contributed by atoms with Crippen molar-refractivity contribution in [3.63, 3.8) is 0 Å². The molecule has 1 aromatic carbocycles. The Morgan fingerprint density at radius 2 is 2.00 bits per heavy atom. The van der Waals surface area contributed by atoms with Gasteiger partial charge in [0, 0.05) is 17.1 Å². The van der Waals surface area contributed by atoms with E-state index >= 15 is 0 Å². The average molecular weight is 242 g/mol. The van der Waals surface area contributed by atoms with Crippen LogP contribution in [-0.4, -0.2) is 31.1 Å². The van der Waals surface area contributed by atoms with Crippen molar-refractivity contribution in [3.8, 4) is 0 Å². The number of hydrogen-bond acceptors (Lipinski definition) is 3. The topological polar surface area (TPSA) is 41.3 Å². The van der Waals surface area contributed by atoms with Crippen molar-refractivity contribution >= 4 is 23.0 Å². The van der Waals surface area contributed by atoms with Crippen LogP contribution in [0.3, 0.4) is 0 Å². The molecule has 0 spiro atoms. The maximum absolute atomic E-state index is 5.92. The van der Waals surface area contributed by atoms with Crippen LogP contribution in [0.2, 0.25) is 5.02 Å². The molecular formula is C12H20ClN3. The summed E-state index contributed by atoms with van der Waals surface area (Å²) in [6, 6.07) is 5.45. The SMILES string of the molecule is CN(C)C(C)(C)CNc1cc(Cl)ccc1N. The number of likely N-dealkylation sites (N-methyl/N-ethyl adjacent to an activating group) is 1. The van der Waals surface area contributed by atoms with E-state index in [0.717, 1.165) is 17.9 Å². The quantitative estimate of drug-likeness (QED) is 0.797. The highest BCUT2D eigenvalue weighted by molar-refractivity contribution is 6.31. The number of nitrogens with zero attached hydrogens (tertiary/aromatic N) is 1. The van der Waals surface area contributed by atoms with E-state index in [-0.39, 0.29) is 5.54 Å². The maximum atomic E-state index is 5.92. The van der Waals surface area contributed by atoms with Gasteiger partial charge in [0.2, 0.25) is 0 Å². The molecule has 0 atom stereocenters. The second kappa shape index (κ2) is 4.93. The lowest BCUT2D eigenvalue weighted by Gasteiger charge is -2.33. The van der Waals surface area contributed by atoms with Gasteiger partial charge in [-0.2, -0.15) is 0 Å². The van der Waals surface area contributed by atoms with Gasteiger partial charge in [-0.3, -0.25) is 0 Å². The molecule has 1 aromatic rings. The summed E-state index contributed by atoms with van der Waals surface area (Å²) in [5, 5.41) is 4.02. The summed E-state index contributed by atoms with van der Waals surface area (Å²) in [4.78, 5) is 2.17. The number of halogens is 1. The molecule has 4 heteroatoms. The summed E-state index contributed by atoms with van der Waals surface area (Å²) in [7, 11) is 4.12. The first kappa shape index (κ1) is 13.1. The van der Waals surface area contributed by atoms with Crippen LogP contribution in [0.25, 0.3) is 0 Å². The number of nitrogen functional groups attached to an aromatic ring is 1. The Morgan fingerprint density at radius 3 is 2.56 bits per heavy atom. The van der Waals surface area contributed by atoms with Gasteiger partial charge in [0.1, 0.15) is 0 Å². The van der Waals surface area contributed by atoms with E-state index in [0.29, 0.717) is 5.02 Å². The molecule has 0 heterocycles. The number of hydrogen-bond donors (Lipinski definition) is 2. The van der Waals surface area contributed by atoms with Crippen molar-refractivity contribution in [3.05, 3.63) is 23.2 Å². The smallest absolute Gasteiger partial charge is 0.0589 e. The summed E-state index contributed by atoms with van der Waals surface area (Å²) in [6.07, 6.45) is 0. The van der Waals surface area contributed by atoms with Crippen LogP contribution in [0, 0.1) is 0 Å². The highest BCUT2D eigenvalue weighted by atomic mass is 35.5. The Balaban J connectivity index is 2.71. The predicted octanol–water partition coefficient (Wildman–Crippen LogP) is 2.67. The van der Waals surface area contributed by atoms with Crippen molar-refractivity contribution in [1.29, 1.82) is 0 Å². The van der Waals surface area contributed by atoms with E-state index in [1.54, 1.807) is 6.07 Å². The maximum Gasteiger partial charge on any atom is 0.0589 e. The third kappa shape index (κ3) is 3.29. The first-order valence-corrected chi connectivity index (χ1v) is 5.67. The molecule has 0 aliphatic rings. The van der Waals surface area contributed by atoms with Crippen molar-refractivity contribution < 1.29 is 0 Å². The van der Waals surface area contributed by atoms with Crippen molar-refractivity contribution in [1.82, 2.24) is 4.90 Å². The molecule has 0 saturated carbocycles. The van der Waals surface area contributed by atoms with Crippen LogP contribution < -0.4 is 11.1 Å². The molecule has 0 aliphatic heterocycles. The fraction of sp³-hybridized carbons (Fsp3) is 0.500. The van der Waals surface area contributed by atoms with Gasteiger partial charge in [-0.1, -0.05) is 11.6 Å². The van der Waals surface area contributed by atoms with Gasteiger partial charge in [0.05, 0.1) is 11.4 Å². The van der Waals surface area contributed by atoms with Gasteiger partial charge in [-0.15, -0.1) is 0 Å². The Labute approximate surface area is 103 Å². The van der Waals surface area contributed by atoms with E-state index in [1.165, 1.54) is 0 Å². The van der Waals surface area contributed by atoms with E-state index in [9.17, 15) is 0 Å². The summed E-state index contributed by atoms with van der Waals surface area (Å²) in [5.41, 5.74) is 7.54. The number of anilines is 2. The number of nitrogens with two attached hydrogens (primary N) is 1. The van der Waals surface area contributed by atoms with Crippen molar-refractivity contribution in [2.45, 2.75) is 19.4 Å². The molecule has 1 rings (SSSR count). The number of nitrogens with one attached hydrogen (secondary N) is 1. The molecule has 0 fully saturated rings. The molecule has 0 unspecified atom stereocenters. The lowest BCUT2D eigenvalue weighted by Crippen LogP contribution is -2.44. The zero-order valence-corrected chi connectivity index (χ0v) is 11.1. The fourth-order valence-corrected chi connectivity index (χ4v) is 1.32. The Bertz CT molecular complexity index is 361. The van der Waals surface area contributed by atoms with Gasteiger partial charge in [0.15, 0.2) is 0 Å². The molecule has 0 saturated heterocycles. The van der Waals surface area contributed by atoms with Gasteiger partial charge in [-0.05, 0) is 46.1 Å². The van der Waals surface area contributed by atoms with Gasteiger partial charge in [-0.25, -0.2) is 0 Å². The molecule has 0 aromatic heterocycles. The molecule has 0 amide bonds. The lowest BCUT2D eigenvalue weighted by atomic mass is 10.0. The van der Waals surface area contributed by atoms with Crippen LogP contribution in [0.1, 0.15) is 13.8 Å². The molecule has 16 heavy (non-hydrogen) atoms. The largest absolute Gasteiger partial charge is 0.397 e. The fourth-order valence-electron chi connectivity index (χ4n) is 1.15. The average Bonchev–Trinajstić information content (AvgIpc) is 2.19. The lowest BCUT2D eigenvalue weighted by molar-refractivity contribution is 0.210. The van der Waals surface area contributed by atoms with E-state index in [1.807, 2.05) is 12.1 Å². The van der Waals surface area contributed by atoms with Crippen LogP contribution in [0.4, 0.5) is 11.4 Å². The van der Waals surface area contributed by atoms with Crippen LogP contribution in [0.5, 0.6) is 0 Å². The third-order valence-corrected chi connectivity index (χ3v) is 3.17. The second-order valence-electron chi connectivity index (χ2n) is 4.79. The Hall–Kier alpha value is -0.930. The monoisotopic (exact) mass is 241 g/mol. The van der Waals surface area contributed by atoms with Crippen molar-refractivity contribution in [2.24, 2.45) is 0 Å². The highest BCUT2D eigenvalue weighted by Gasteiger charge is 2.20. The van der Waals surface area contributed by atoms with Gasteiger partial charge < -0.3 is 16.0 Å². The minimum Gasteiger partial charge on any atom is -0.397 e. The van der Waals surface area contributed by atoms with Crippen molar-refractivity contribution in [2.75, 3.05) is 31.7 Å². The molecular weight excluding hydrogens is 222 g/mol. The standard InChI is InChI=1S/C12H20ClN3/c1-12(2,16(3)4)8-15-11-7-9(13)5-6-10(11)14/h5-7,15H,8,14H2,1-4H3. The molecule has 3 nitrogen and oxygen atoms in total.